The first-order valence-corrected chi connectivity index (χ1v) is 8.11. The molecule has 3 rings (SSSR count). The molecule has 112 valence electrons. The van der Waals surface area contributed by atoms with Gasteiger partial charge in [-0.05, 0) is 38.5 Å². The lowest BCUT2D eigenvalue weighted by Crippen LogP contribution is -2.54. The third-order valence-corrected chi connectivity index (χ3v) is 5.16. The van der Waals surface area contributed by atoms with E-state index in [0.29, 0.717) is 11.9 Å². The molecule has 0 spiro atoms. The van der Waals surface area contributed by atoms with Gasteiger partial charge in [0.1, 0.15) is 0 Å². The average Bonchev–Trinajstić information content (AvgIpc) is 2.94. The lowest BCUT2D eigenvalue weighted by atomic mass is 9.93. The van der Waals surface area contributed by atoms with Crippen LogP contribution in [0.2, 0.25) is 0 Å². The molecule has 4 heteroatoms. The number of carbonyl (C=O) groups excluding carboxylic acids is 1. The van der Waals surface area contributed by atoms with E-state index in [-0.39, 0.29) is 12.0 Å². The first-order valence-electron chi connectivity index (χ1n) is 8.11. The molecule has 20 heavy (non-hydrogen) atoms. The van der Waals surface area contributed by atoms with Gasteiger partial charge in [-0.2, -0.15) is 0 Å². The highest BCUT2D eigenvalue weighted by molar-refractivity contribution is 5.79. The van der Waals surface area contributed by atoms with Crippen molar-refractivity contribution >= 4 is 5.91 Å². The van der Waals surface area contributed by atoms with Crippen LogP contribution in [0.1, 0.15) is 38.5 Å². The minimum absolute atomic E-state index is 0.152. The summed E-state index contributed by atoms with van der Waals surface area (Å²) in [5.41, 5.74) is 0. The smallest absolute Gasteiger partial charge is 0.226 e. The zero-order valence-corrected chi connectivity index (χ0v) is 12.2. The number of hydrogen-bond donors (Lipinski definition) is 1. The summed E-state index contributed by atoms with van der Waals surface area (Å²) >= 11 is 0. The Morgan fingerprint density at radius 2 is 1.85 bits per heavy atom. The van der Waals surface area contributed by atoms with Crippen LogP contribution in [0.15, 0.2) is 12.2 Å². The van der Waals surface area contributed by atoms with Crippen LogP contribution in [-0.4, -0.2) is 59.1 Å². The lowest BCUT2D eigenvalue weighted by molar-refractivity contribution is -0.138. The van der Waals surface area contributed by atoms with E-state index in [4.69, 9.17) is 0 Å². The molecule has 1 heterocycles. The van der Waals surface area contributed by atoms with Crippen LogP contribution in [0.3, 0.4) is 0 Å². The average molecular weight is 278 g/mol. The molecule has 0 bridgehead atoms. The molecule has 0 aromatic heterocycles. The second-order valence-corrected chi connectivity index (χ2v) is 6.41. The number of hydrogen-bond acceptors (Lipinski definition) is 3. The van der Waals surface area contributed by atoms with Crippen molar-refractivity contribution in [2.75, 3.05) is 26.2 Å². The molecular weight excluding hydrogens is 252 g/mol. The Bertz CT molecular complexity index is 375. The first-order chi connectivity index (χ1) is 9.75. The molecule has 0 aromatic carbocycles. The fraction of sp³-hybridized carbons (Fsp3) is 0.812. The van der Waals surface area contributed by atoms with Crippen LogP contribution >= 0.6 is 0 Å². The number of nitrogens with zero attached hydrogens (tertiary/aromatic N) is 2. The normalized spacial score (nSPS) is 35.5. The van der Waals surface area contributed by atoms with E-state index in [0.717, 1.165) is 64.7 Å². The summed E-state index contributed by atoms with van der Waals surface area (Å²) in [4.78, 5) is 16.9. The van der Waals surface area contributed by atoms with Gasteiger partial charge in [0.2, 0.25) is 5.91 Å². The first kappa shape index (κ1) is 14.1. The van der Waals surface area contributed by atoms with E-state index in [1.54, 1.807) is 0 Å². The van der Waals surface area contributed by atoms with Crippen LogP contribution in [0.5, 0.6) is 0 Å². The van der Waals surface area contributed by atoms with Crippen molar-refractivity contribution in [2.45, 2.75) is 50.7 Å². The van der Waals surface area contributed by atoms with E-state index in [9.17, 15) is 9.90 Å². The second-order valence-electron chi connectivity index (χ2n) is 6.41. The van der Waals surface area contributed by atoms with Crippen LogP contribution in [0, 0.1) is 5.92 Å². The molecule has 3 atom stereocenters. The molecule has 1 saturated carbocycles. The van der Waals surface area contributed by atoms with Gasteiger partial charge < -0.3 is 10.0 Å². The molecule has 0 radical (unpaired) electrons. The van der Waals surface area contributed by atoms with Crippen molar-refractivity contribution in [1.29, 1.82) is 0 Å². The van der Waals surface area contributed by atoms with Gasteiger partial charge in [-0.25, -0.2) is 0 Å². The summed E-state index contributed by atoms with van der Waals surface area (Å²) in [6.45, 7) is 3.52. The highest BCUT2D eigenvalue weighted by Crippen LogP contribution is 2.26. The molecular formula is C16H26N2O2. The molecule has 4 nitrogen and oxygen atoms in total. The molecule has 1 saturated heterocycles. The topological polar surface area (TPSA) is 43.8 Å². The monoisotopic (exact) mass is 278 g/mol. The fourth-order valence-electron chi connectivity index (χ4n) is 3.90. The third-order valence-electron chi connectivity index (χ3n) is 5.16. The zero-order chi connectivity index (χ0) is 13.9. The van der Waals surface area contributed by atoms with E-state index in [1.807, 2.05) is 4.90 Å². The van der Waals surface area contributed by atoms with Gasteiger partial charge >= 0.3 is 0 Å². The summed E-state index contributed by atoms with van der Waals surface area (Å²) in [6.07, 6.45) is 10.4. The largest absolute Gasteiger partial charge is 0.391 e. The number of amides is 1. The maximum absolute atomic E-state index is 12.5. The van der Waals surface area contributed by atoms with E-state index < -0.39 is 0 Å². The fourth-order valence-corrected chi connectivity index (χ4v) is 3.90. The van der Waals surface area contributed by atoms with Crippen molar-refractivity contribution in [3.05, 3.63) is 12.2 Å². The Labute approximate surface area is 121 Å². The van der Waals surface area contributed by atoms with Gasteiger partial charge in [-0.15, -0.1) is 0 Å². The highest BCUT2D eigenvalue weighted by Gasteiger charge is 2.34. The number of carbonyl (C=O) groups is 1. The highest BCUT2D eigenvalue weighted by atomic mass is 16.3. The standard InChI is InChI=1S/C16H26N2O2/c19-15-8-4-7-14(15)17-9-11-18(12-10-17)16(20)13-5-2-1-3-6-13/h1-2,13-15,19H,3-12H2/t13-,14+,15-/m1/s1. The Morgan fingerprint density at radius 3 is 2.45 bits per heavy atom. The van der Waals surface area contributed by atoms with Crippen LogP contribution in [0.25, 0.3) is 0 Å². The van der Waals surface area contributed by atoms with E-state index >= 15 is 0 Å². The summed E-state index contributed by atoms with van der Waals surface area (Å²) in [5, 5.41) is 9.99. The molecule has 0 aromatic rings. The van der Waals surface area contributed by atoms with Gasteiger partial charge in [0.15, 0.2) is 0 Å². The van der Waals surface area contributed by atoms with Crippen LogP contribution < -0.4 is 0 Å². The van der Waals surface area contributed by atoms with Gasteiger partial charge in [0.05, 0.1) is 6.10 Å². The maximum atomic E-state index is 12.5. The Kier molecular flexibility index (Phi) is 4.41. The Balaban J connectivity index is 1.50. The van der Waals surface area contributed by atoms with Crippen molar-refractivity contribution in [1.82, 2.24) is 9.80 Å². The van der Waals surface area contributed by atoms with Crippen molar-refractivity contribution < 1.29 is 9.90 Å². The SMILES string of the molecule is O=C([C@@H]1CC=CCC1)N1CCN([C@H]2CCC[C@H]2O)CC1. The quantitative estimate of drug-likeness (QED) is 0.777. The summed E-state index contributed by atoms with van der Waals surface area (Å²) in [7, 11) is 0. The summed E-state index contributed by atoms with van der Waals surface area (Å²) in [5.74, 6) is 0.560. The molecule has 2 aliphatic carbocycles. The van der Waals surface area contributed by atoms with Crippen molar-refractivity contribution in [2.24, 2.45) is 5.92 Å². The summed E-state index contributed by atoms with van der Waals surface area (Å²) < 4.78 is 0. The van der Waals surface area contributed by atoms with Gasteiger partial charge in [-0.3, -0.25) is 9.69 Å². The van der Waals surface area contributed by atoms with Gasteiger partial charge in [-0.1, -0.05) is 12.2 Å². The zero-order valence-electron chi connectivity index (χ0n) is 12.2. The minimum Gasteiger partial charge on any atom is -0.391 e. The molecule has 0 unspecified atom stereocenters. The molecule has 3 aliphatic rings. The van der Waals surface area contributed by atoms with Crippen LogP contribution in [-0.2, 0) is 4.79 Å². The number of aliphatic hydroxyl groups excluding tert-OH is 1. The number of aliphatic hydroxyl groups is 1. The number of allylic oxidation sites excluding steroid dienone is 2. The Hall–Kier alpha value is -0.870. The minimum atomic E-state index is -0.152. The summed E-state index contributed by atoms with van der Waals surface area (Å²) in [6, 6.07) is 0.338. The molecule has 2 fully saturated rings. The van der Waals surface area contributed by atoms with Gasteiger partial charge in [0, 0.05) is 38.1 Å². The molecule has 1 amide bonds. The number of piperazine rings is 1. The van der Waals surface area contributed by atoms with Crippen molar-refractivity contribution in [3.63, 3.8) is 0 Å². The van der Waals surface area contributed by atoms with Crippen molar-refractivity contribution in [3.8, 4) is 0 Å². The van der Waals surface area contributed by atoms with E-state index in [1.165, 1.54) is 0 Å². The van der Waals surface area contributed by atoms with Crippen LogP contribution in [0.4, 0.5) is 0 Å². The molecule has 1 aliphatic heterocycles. The number of rotatable bonds is 2. The third kappa shape index (κ3) is 2.91. The lowest BCUT2D eigenvalue weighted by Gasteiger charge is -2.40. The van der Waals surface area contributed by atoms with E-state index in [2.05, 4.69) is 17.1 Å². The predicted molar refractivity (Wildman–Crippen MR) is 78.3 cm³/mol. The second kappa shape index (κ2) is 6.27. The molecule has 1 N–H and O–H groups in total. The van der Waals surface area contributed by atoms with Gasteiger partial charge in [0.25, 0.3) is 0 Å². The Morgan fingerprint density at radius 1 is 1.05 bits per heavy atom. The predicted octanol–water partition coefficient (Wildman–Crippen LogP) is 1.40. The maximum Gasteiger partial charge on any atom is 0.226 e.